The number of ether oxygens (including phenoxy) is 3. The maximum absolute atomic E-state index is 8.61. The van der Waals surface area contributed by atoms with Crippen LogP contribution >= 0.6 is 0 Å². The third-order valence-electron chi connectivity index (χ3n) is 15.9. The molecule has 7 heterocycles. The number of epoxide rings is 1. The van der Waals surface area contributed by atoms with Gasteiger partial charge in [0, 0.05) is 54.7 Å². The van der Waals surface area contributed by atoms with Crippen molar-refractivity contribution >= 4 is 129 Å². The van der Waals surface area contributed by atoms with E-state index in [1.54, 1.807) is 6.08 Å². The molecule has 5 atom stereocenters. The van der Waals surface area contributed by atoms with Crippen molar-refractivity contribution in [1.82, 2.24) is 0 Å². The van der Waals surface area contributed by atoms with E-state index in [0.29, 0.717) is 99.5 Å². The molecule has 0 aliphatic carbocycles. The summed E-state index contributed by atoms with van der Waals surface area (Å²) in [7, 11) is -49.2. The fourth-order valence-corrected chi connectivity index (χ4v) is 68.4. The third-order valence-corrected chi connectivity index (χ3v) is 59.4. The van der Waals surface area contributed by atoms with Gasteiger partial charge in [-0.15, -0.1) is 6.58 Å². The van der Waals surface area contributed by atoms with E-state index in [1.807, 2.05) is 256 Å². The van der Waals surface area contributed by atoms with E-state index in [2.05, 4.69) is 6.58 Å². The van der Waals surface area contributed by atoms with Gasteiger partial charge in [0.15, 0.2) is 0 Å². The topological polar surface area (TPSA) is 160 Å². The van der Waals surface area contributed by atoms with Crippen molar-refractivity contribution in [2.45, 2.75) is 44.1 Å². The second-order valence-corrected chi connectivity index (χ2v) is 53.2. The molecule has 0 aromatic heterocycles. The average molecular weight is 1370 g/mol. The molecule has 17 nitrogen and oxygen atoms in total. The zero-order valence-corrected chi connectivity index (χ0v) is 59.3. The minimum absolute atomic E-state index is 0.0480. The third kappa shape index (κ3) is 12.2. The second kappa shape index (κ2) is 25.1. The van der Waals surface area contributed by atoms with Gasteiger partial charge in [-0.25, -0.2) is 0 Å². The molecule has 7 aliphatic heterocycles. The predicted octanol–water partition coefficient (Wildman–Crippen LogP) is 5.60. The van der Waals surface area contributed by atoms with E-state index >= 15 is 0 Å². The summed E-state index contributed by atoms with van der Waals surface area (Å²) in [5.41, 5.74) is 0. The highest BCUT2D eigenvalue weighted by Gasteiger charge is 2.83. The number of rotatable bonds is 20. The molecule has 27 heteroatoms. The van der Waals surface area contributed by atoms with Crippen LogP contribution < -0.4 is 41.5 Å². The van der Waals surface area contributed by atoms with Gasteiger partial charge in [0.05, 0.1) is 19.8 Å². The molecule has 8 aromatic rings. The van der Waals surface area contributed by atoms with Crippen molar-refractivity contribution in [3.8, 4) is 0 Å². The lowest BCUT2D eigenvalue weighted by atomic mass is 10.4. The van der Waals surface area contributed by atoms with Crippen LogP contribution in [-0.2, 0) is 71.8 Å². The first-order chi connectivity index (χ1) is 43.4. The van der Waals surface area contributed by atoms with Crippen LogP contribution in [-0.4, -0.2) is 127 Å². The maximum Gasteiger partial charge on any atom is 0.515 e. The Labute approximate surface area is 529 Å². The Bertz CT molecular complexity index is 3360. The molecule has 0 saturated carbocycles. The highest BCUT2D eigenvalue weighted by molar-refractivity contribution is 7.12. The Balaban J connectivity index is 1.20. The normalized spacial score (nSPS) is 33.8. The van der Waals surface area contributed by atoms with Crippen LogP contribution in [0.1, 0.15) is 12.8 Å². The Morgan fingerprint density at radius 3 is 0.730 bits per heavy atom. The fourth-order valence-electron chi connectivity index (χ4n) is 11.7. The molecule has 0 N–H and O–H groups in total. The summed E-state index contributed by atoms with van der Waals surface area (Å²) < 4.78 is 137. The molecule has 458 valence electrons. The van der Waals surface area contributed by atoms with Crippen LogP contribution in [0.3, 0.4) is 0 Å². The van der Waals surface area contributed by atoms with Crippen molar-refractivity contribution in [3.05, 3.63) is 255 Å². The zero-order valence-electron chi connectivity index (χ0n) is 49.3. The SMILES string of the molecule is C=CCOCCC[Si]1(C)O[Si]2(c3ccccc3)O[Si]3(c4ccccc4)O[Si]4(c5ccccc5)O[Si](C)(CCCOCC5CO5)O[Si]5(c6ccccc6)O[Si](c6ccccc6)(O[Si](c6ccccc6)(O1)O[Si](c1ccccc1)(O5)O[Si](c1ccccc1)(O2)O4)O3. The van der Waals surface area contributed by atoms with Gasteiger partial charge in [-0.2, -0.15) is 0 Å². The quantitative estimate of drug-likeness (QED) is 0.0402. The molecule has 0 spiro atoms. The Morgan fingerprint density at radius 1 is 0.326 bits per heavy atom. The van der Waals surface area contributed by atoms with Crippen molar-refractivity contribution < 1.29 is 71.8 Å². The molecule has 15 rings (SSSR count). The lowest BCUT2D eigenvalue weighted by Gasteiger charge is -2.61. The number of hydrogen-bond acceptors (Lipinski definition) is 17. The largest absolute Gasteiger partial charge is 0.515 e. The predicted molar refractivity (Wildman–Crippen MR) is 353 cm³/mol. The second-order valence-electron chi connectivity index (χ2n) is 22.7. The summed E-state index contributed by atoms with van der Waals surface area (Å²) in [6.07, 6.45) is 2.72. The van der Waals surface area contributed by atoms with Gasteiger partial charge in [-0.3, -0.25) is 0 Å². The zero-order chi connectivity index (χ0) is 60.6. The van der Waals surface area contributed by atoms with Gasteiger partial charge in [0.2, 0.25) is 0 Å². The van der Waals surface area contributed by atoms with Crippen LogP contribution in [0, 0.1) is 0 Å². The Kier molecular flexibility index (Phi) is 17.4. The van der Waals surface area contributed by atoms with E-state index in [9.17, 15) is 0 Å². The lowest BCUT2D eigenvalue weighted by molar-refractivity contribution is 0.0247. The summed E-state index contributed by atoms with van der Waals surface area (Å²) in [6.45, 7) is 10.1. The van der Waals surface area contributed by atoms with E-state index in [-0.39, 0.29) is 6.10 Å². The summed E-state index contributed by atoms with van der Waals surface area (Å²) in [4.78, 5) is 0. The van der Waals surface area contributed by atoms with Gasteiger partial charge < -0.3 is 71.8 Å². The number of benzene rings is 8. The van der Waals surface area contributed by atoms with Crippen LogP contribution in [0.5, 0.6) is 0 Å². The number of hydrogen-bond donors (Lipinski definition) is 0. The van der Waals surface area contributed by atoms with Crippen molar-refractivity contribution in [2.24, 2.45) is 0 Å². The molecule has 7 fully saturated rings. The van der Waals surface area contributed by atoms with Crippen LogP contribution in [0.25, 0.3) is 0 Å². The standard InChI is InChI=1S/C62H68O17Si10/c1-4-47-63-48-29-50-80(2)66-82(55-31-13-5-14-32-55)70-86(59-39-21-9-22-40-59)74-84(57-35-17-7-18-36-57)68-81(3,51-30-49-64-52-54-53-65-54)69-85(58-37-19-8-20-38-58)76-88(78-86,61-43-25-11-26-44-61)72-83(67-80,56-33-15-6-16-34-56)73-89(77-85,62-45-27-12-28-46-62)79-87(71-82,75-84)60-41-23-10-24-42-60/h4-28,31-46,54H,1,29-30,47-53H2,2-3H3. The highest BCUT2D eigenvalue weighted by atomic mass is 28.6. The Hall–Kier alpha value is -5.01. The Morgan fingerprint density at radius 2 is 0.528 bits per heavy atom. The first-order valence-electron chi connectivity index (χ1n) is 30.0. The summed E-state index contributed by atoms with van der Waals surface area (Å²) in [6, 6.07) is 78.4. The monoisotopic (exact) mass is 1360 g/mol. The lowest BCUT2D eigenvalue weighted by Crippen LogP contribution is -2.93. The fraction of sp³-hybridized carbons (Fsp3) is 0.194. The molecule has 0 amide bonds. The minimum Gasteiger partial charge on any atom is -0.391 e. The van der Waals surface area contributed by atoms with E-state index < -0.39 is 87.6 Å². The van der Waals surface area contributed by atoms with Gasteiger partial charge in [0.1, 0.15) is 6.10 Å². The van der Waals surface area contributed by atoms with Gasteiger partial charge in [-0.05, 0) is 38.0 Å². The molecular formula is C62H68O17Si10. The van der Waals surface area contributed by atoms with E-state index in [4.69, 9.17) is 71.8 Å². The highest BCUT2D eigenvalue weighted by Crippen LogP contribution is 2.48. The first kappa shape index (κ1) is 61.5. The van der Waals surface area contributed by atoms with E-state index in [0.717, 1.165) is 0 Å². The average Bonchev–Trinajstić information content (AvgIpc) is 1.46. The molecule has 8 aromatic carbocycles. The van der Waals surface area contributed by atoms with E-state index in [1.165, 1.54) is 0 Å². The van der Waals surface area contributed by atoms with Gasteiger partial charge >= 0.3 is 87.6 Å². The molecular weight excluding hydrogens is 1300 g/mol. The molecule has 8 bridgehead atoms. The van der Waals surface area contributed by atoms with Gasteiger partial charge in [0.25, 0.3) is 0 Å². The molecule has 0 radical (unpaired) electrons. The summed E-state index contributed by atoms with van der Waals surface area (Å²) >= 11 is 0. The van der Waals surface area contributed by atoms with Crippen molar-refractivity contribution in [3.63, 3.8) is 0 Å². The minimum atomic E-state index is -5.21. The maximum atomic E-state index is 8.61. The van der Waals surface area contributed by atoms with Crippen LogP contribution in [0.2, 0.25) is 25.2 Å². The first-order valence-corrected chi connectivity index (χ1v) is 48.9. The van der Waals surface area contributed by atoms with Crippen LogP contribution in [0.4, 0.5) is 0 Å². The molecule has 5 unspecified atom stereocenters. The van der Waals surface area contributed by atoms with Crippen LogP contribution in [0.15, 0.2) is 255 Å². The molecule has 7 aliphatic rings. The smallest absolute Gasteiger partial charge is 0.391 e. The molecule has 7 saturated heterocycles. The van der Waals surface area contributed by atoms with Gasteiger partial charge in [-0.1, -0.05) is 249 Å². The summed E-state index contributed by atoms with van der Waals surface area (Å²) in [5, 5.41) is 4.20. The van der Waals surface area contributed by atoms with Crippen molar-refractivity contribution in [1.29, 1.82) is 0 Å². The summed E-state index contributed by atoms with van der Waals surface area (Å²) in [5.74, 6) is 0. The number of fused-ring (bicyclic) bond motifs is 4. The van der Waals surface area contributed by atoms with Crippen molar-refractivity contribution in [2.75, 3.05) is 33.0 Å². The molecule has 89 heavy (non-hydrogen) atoms.